The molecule has 4 nitrogen and oxygen atoms in total. The van der Waals surface area contributed by atoms with E-state index in [1.165, 1.54) is 17.0 Å². The lowest BCUT2D eigenvalue weighted by Gasteiger charge is -2.50. The molecule has 2 aliphatic rings. The number of rotatable bonds is 3. The highest BCUT2D eigenvalue weighted by Crippen LogP contribution is 2.52. The Labute approximate surface area is 139 Å². The van der Waals surface area contributed by atoms with Crippen LogP contribution in [0.25, 0.3) is 0 Å². The fourth-order valence-electron chi connectivity index (χ4n) is 4.30. The number of likely N-dealkylation sites (tertiary alicyclic amines) is 1. The van der Waals surface area contributed by atoms with Gasteiger partial charge >= 0.3 is 5.97 Å². The number of nitrogens with zero attached hydrogens (tertiary/aromatic N) is 1. The summed E-state index contributed by atoms with van der Waals surface area (Å²) in [6.07, 6.45) is 4.55. The van der Waals surface area contributed by atoms with Crippen LogP contribution in [0.5, 0.6) is 0 Å². The first-order valence-corrected chi connectivity index (χ1v) is 8.27. The van der Waals surface area contributed by atoms with Crippen molar-refractivity contribution in [3.05, 3.63) is 35.4 Å². The largest absolute Gasteiger partial charge is 0.480 e. The van der Waals surface area contributed by atoms with Crippen LogP contribution in [0.3, 0.4) is 0 Å². The number of carbonyl (C=O) groups is 2. The second-order valence-electron chi connectivity index (χ2n) is 7.20. The Balaban J connectivity index is 2.04. The lowest BCUT2D eigenvalue weighted by Crippen LogP contribution is -2.58. The van der Waals surface area contributed by atoms with Crippen molar-refractivity contribution in [3.63, 3.8) is 0 Å². The summed E-state index contributed by atoms with van der Waals surface area (Å²) in [5.41, 5.74) is -1.21. The first kappa shape index (κ1) is 16.9. The molecule has 1 aliphatic heterocycles. The normalized spacial score (nSPS) is 26.1. The number of benzene rings is 1. The quantitative estimate of drug-likeness (QED) is 0.919. The van der Waals surface area contributed by atoms with Gasteiger partial charge in [-0.3, -0.25) is 9.59 Å². The molecule has 0 bridgehead atoms. The number of amides is 1. The van der Waals surface area contributed by atoms with E-state index in [1.54, 1.807) is 6.92 Å². The minimum absolute atomic E-state index is 0.194. The minimum atomic E-state index is -1.12. The van der Waals surface area contributed by atoms with Gasteiger partial charge in [0.15, 0.2) is 0 Å². The second-order valence-corrected chi connectivity index (χ2v) is 7.20. The molecule has 2 fully saturated rings. The Morgan fingerprint density at radius 1 is 1.12 bits per heavy atom. The van der Waals surface area contributed by atoms with Crippen LogP contribution in [-0.4, -0.2) is 28.4 Å². The molecule has 0 radical (unpaired) electrons. The molecule has 1 spiro atoms. The molecule has 130 valence electrons. The van der Waals surface area contributed by atoms with E-state index in [2.05, 4.69) is 0 Å². The molecule has 1 heterocycles. The monoisotopic (exact) mass is 337 g/mol. The van der Waals surface area contributed by atoms with Crippen molar-refractivity contribution >= 4 is 11.9 Å². The van der Waals surface area contributed by atoms with Crippen LogP contribution in [-0.2, 0) is 15.1 Å². The first-order valence-electron chi connectivity index (χ1n) is 8.27. The molecule has 1 atom stereocenters. The SMILES string of the molecule is C[C@@]1(c2cc(F)cc(F)c2)CCC2(CCCC2)C(=O)N1CC(=O)O. The van der Waals surface area contributed by atoms with Gasteiger partial charge in [0.2, 0.25) is 5.91 Å². The van der Waals surface area contributed by atoms with Gasteiger partial charge in [0.1, 0.15) is 18.2 Å². The molecule has 1 aliphatic carbocycles. The van der Waals surface area contributed by atoms with Gasteiger partial charge in [0, 0.05) is 11.5 Å². The summed E-state index contributed by atoms with van der Waals surface area (Å²) in [7, 11) is 0. The molecular weight excluding hydrogens is 316 g/mol. The van der Waals surface area contributed by atoms with E-state index in [1.807, 2.05) is 0 Å². The van der Waals surface area contributed by atoms with E-state index in [-0.39, 0.29) is 5.91 Å². The smallest absolute Gasteiger partial charge is 0.323 e. The average Bonchev–Trinajstić information content (AvgIpc) is 2.97. The molecule has 3 rings (SSSR count). The van der Waals surface area contributed by atoms with Crippen molar-refractivity contribution < 1.29 is 23.5 Å². The summed E-state index contributed by atoms with van der Waals surface area (Å²) in [4.78, 5) is 25.8. The molecule has 1 aromatic carbocycles. The summed E-state index contributed by atoms with van der Waals surface area (Å²) in [5.74, 6) is -2.77. The zero-order chi connectivity index (χ0) is 17.5. The maximum atomic E-state index is 13.7. The summed E-state index contributed by atoms with van der Waals surface area (Å²) in [6, 6.07) is 3.16. The van der Waals surface area contributed by atoms with E-state index in [4.69, 9.17) is 0 Å². The zero-order valence-electron chi connectivity index (χ0n) is 13.6. The van der Waals surface area contributed by atoms with Crippen molar-refractivity contribution in [2.75, 3.05) is 6.54 Å². The van der Waals surface area contributed by atoms with Crippen LogP contribution in [0.1, 0.15) is 51.0 Å². The van der Waals surface area contributed by atoms with Crippen molar-refractivity contribution in [3.8, 4) is 0 Å². The molecule has 1 saturated heterocycles. The number of carboxylic acids is 1. The van der Waals surface area contributed by atoms with Gasteiger partial charge in [-0.1, -0.05) is 12.8 Å². The van der Waals surface area contributed by atoms with E-state index in [0.717, 1.165) is 31.7 Å². The van der Waals surface area contributed by atoms with Gasteiger partial charge in [-0.25, -0.2) is 8.78 Å². The van der Waals surface area contributed by atoms with Crippen LogP contribution in [0.15, 0.2) is 18.2 Å². The third-order valence-corrected chi connectivity index (χ3v) is 5.72. The summed E-state index contributed by atoms with van der Waals surface area (Å²) in [6.45, 7) is 1.24. The van der Waals surface area contributed by atoms with Gasteiger partial charge in [-0.15, -0.1) is 0 Å². The Bertz CT molecular complexity index is 665. The maximum absolute atomic E-state index is 13.7. The van der Waals surface area contributed by atoms with E-state index in [0.29, 0.717) is 18.4 Å². The van der Waals surface area contributed by atoms with Gasteiger partial charge in [0.25, 0.3) is 0 Å². The molecule has 0 unspecified atom stereocenters. The van der Waals surface area contributed by atoms with Crippen LogP contribution < -0.4 is 0 Å². The second kappa shape index (κ2) is 5.83. The number of halogens is 2. The van der Waals surface area contributed by atoms with Crippen molar-refractivity contribution in [2.45, 2.75) is 51.0 Å². The third-order valence-electron chi connectivity index (χ3n) is 5.72. The van der Waals surface area contributed by atoms with E-state index < -0.39 is 35.1 Å². The third kappa shape index (κ3) is 2.68. The number of carbonyl (C=O) groups excluding carboxylic acids is 1. The van der Waals surface area contributed by atoms with Crippen molar-refractivity contribution in [2.24, 2.45) is 5.41 Å². The molecule has 0 aromatic heterocycles. The zero-order valence-corrected chi connectivity index (χ0v) is 13.6. The van der Waals surface area contributed by atoms with Crippen LogP contribution >= 0.6 is 0 Å². The maximum Gasteiger partial charge on any atom is 0.323 e. The number of aliphatic carboxylic acids is 1. The number of carboxylic acid groups (broad SMARTS) is 1. The van der Waals surface area contributed by atoms with Crippen LogP contribution in [0.4, 0.5) is 8.78 Å². The first-order chi connectivity index (χ1) is 11.3. The van der Waals surface area contributed by atoms with Gasteiger partial charge in [0.05, 0.1) is 5.54 Å². The summed E-state index contributed by atoms with van der Waals surface area (Å²) >= 11 is 0. The molecule has 1 aromatic rings. The predicted octanol–water partition coefficient (Wildman–Crippen LogP) is 3.45. The van der Waals surface area contributed by atoms with Crippen LogP contribution in [0, 0.1) is 17.0 Å². The molecule has 1 N–H and O–H groups in total. The fraction of sp³-hybridized carbons (Fsp3) is 0.556. The Hall–Kier alpha value is -1.98. The molecule has 1 amide bonds. The highest BCUT2D eigenvalue weighted by molar-refractivity contribution is 5.88. The van der Waals surface area contributed by atoms with E-state index >= 15 is 0 Å². The topological polar surface area (TPSA) is 57.6 Å². The minimum Gasteiger partial charge on any atom is -0.480 e. The highest BCUT2D eigenvalue weighted by atomic mass is 19.1. The van der Waals surface area contributed by atoms with E-state index in [9.17, 15) is 23.5 Å². The lowest BCUT2D eigenvalue weighted by atomic mass is 9.69. The number of hydrogen-bond acceptors (Lipinski definition) is 2. The van der Waals surface area contributed by atoms with Crippen LogP contribution in [0.2, 0.25) is 0 Å². The Morgan fingerprint density at radius 2 is 1.71 bits per heavy atom. The molecule has 1 saturated carbocycles. The highest BCUT2D eigenvalue weighted by Gasteiger charge is 2.53. The summed E-state index contributed by atoms with van der Waals surface area (Å²) < 4.78 is 27.3. The lowest BCUT2D eigenvalue weighted by molar-refractivity contribution is -0.163. The molecular formula is C18H21F2NO3. The predicted molar refractivity (Wildman–Crippen MR) is 83.2 cm³/mol. The number of piperidine rings is 1. The standard InChI is InChI=1S/C18H21F2NO3/c1-17(12-8-13(19)10-14(20)9-12)6-7-18(4-2-3-5-18)16(24)21(17)11-15(22)23/h8-10H,2-7,11H2,1H3,(H,22,23)/t17-/m0/s1. The fourth-order valence-corrected chi connectivity index (χ4v) is 4.30. The Kier molecular flexibility index (Phi) is 4.10. The van der Waals surface area contributed by atoms with Gasteiger partial charge in [-0.05, 0) is 50.3 Å². The number of hydrogen-bond donors (Lipinski definition) is 1. The molecule has 6 heteroatoms. The average molecular weight is 337 g/mol. The van der Waals surface area contributed by atoms with Crippen molar-refractivity contribution in [1.29, 1.82) is 0 Å². The summed E-state index contributed by atoms with van der Waals surface area (Å²) in [5, 5.41) is 9.26. The Morgan fingerprint density at radius 3 is 2.25 bits per heavy atom. The van der Waals surface area contributed by atoms with Crippen molar-refractivity contribution in [1.82, 2.24) is 4.90 Å². The van der Waals surface area contributed by atoms with Gasteiger partial charge < -0.3 is 10.0 Å². The van der Waals surface area contributed by atoms with Gasteiger partial charge in [-0.2, -0.15) is 0 Å². The molecule has 24 heavy (non-hydrogen) atoms.